The van der Waals surface area contributed by atoms with Crippen molar-refractivity contribution in [3.8, 4) is 17.2 Å². The number of methoxy groups -OCH3 is 2. The number of ether oxygens (including phenoxy) is 3. The fourth-order valence-corrected chi connectivity index (χ4v) is 2.88. The van der Waals surface area contributed by atoms with Gasteiger partial charge in [-0.05, 0) is 47.7 Å². The second-order valence-electron chi connectivity index (χ2n) is 6.07. The van der Waals surface area contributed by atoms with E-state index in [1.54, 1.807) is 14.2 Å². The van der Waals surface area contributed by atoms with Crippen molar-refractivity contribution in [3.63, 3.8) is 0 Å². The van der Waals surface area contributed by atoms with Crippen molar-refractivity contribution in [1.29, 1.82) is 0 Å². The maximum absolute atomic E-state index is 6.13. The molecule has 0 aliphatic heterocycles. The van der Waals surface area contributed by atoms with Crippen molar-refractivity contribution in [3.05, 3.63) is 89.5 Å². The summed E-state index contributed by atoms with van der Waals surface area (Å²) in [7, 11) is 3.36. The number of rotatable bonds is 8. The Morgan fingerprint density at radius 2 is 1.42 bits per heavy atom. The first-order chi connectivity index (χ1) is 12.8. The van der Waals surface area contributed by atoms with Crippen molar-refractivity contribution in [2.24, 2.45) is 0 Å². The molecule has 0 aromatic heterocycles. The van der Waals surface area contributed by atoms with Gasteiger partial charge in [-0.1, -0.05) is 54.6 Å². The molecule has 3 aromatic carbocycles. The van der Waals surface area contributed by atoms with Gasteiger partial charge in [0.2, 0.25) is 0 Å². The molecule has 3 rings (SSSR count). The third-order valence-electron chi connectivity index (χ3n) is 4.35. The zero-order valence-electron chi connectivity index (χ0n) is 15.3. The molecule has 0 saturated heterocycles. The topological polar surface area (TPSA) is 27.7 Å². The molecule has 0 N–H and O–H groups in total. The fourth-order valence-electron chi connectivity index (χ4n) is 2.88. The molecule has 0 unspecified atom stereocenters. The Morgan fingerprint density at radius 1 is 0.654 bits per heavy atom. The summed E-state index contributed by atoms with van der Waals surface area (Å²) in [5.74, 6) is 2.47. The molecule has 0 radical (unpaired) electrons. The monoisotopic (exact) mass is 348 g/mol. The van der Waals surface area contributed by atoms with Crippen LogP contribution in [0.1, 0.15) is 16.7 Å². The molecule has 0 atom stereocenters. The minimum Gasteiger partial charge on any atom is -0.497 e. The van der Waals surface area contributed by atoms with E-state index in [4.69, 9.17) is 14.2 Å². The molecule has 3 aromatic rings. The van der Waals surface area contributed by atoms with Gasteiger partial charge < -0.3 is 14.2 Å². The van der Waals surface area contributed by atoms with Gasteiger partial charge in [0.05, 0.1) is 14.2 Å². The van der Waals surface area contributed by atoms with Gasteiger partial charge in [0.1, 0.15) is 12.4 Å². The van der Waals surface area contributed by atoms with Crippen LogP contribution in [0, 0.1) is 0 Å². The zero-order chi connectivity index (χ0) is 18.2. The smallest absolute Gasteiger partial charge is 0.164 e. The largest absolute Gasteiger partial charge is 0.497 e. The van der Waals surface area contributed by atoms with Crippen LogP contribution in [0.4, 0.5) is 0 Å². The van der Waals surface area contributed by atoms with E-state index in [2.05, 4.69) is 30.3 Å². The molecule has 134 valence electrons. The fraction of sp³-hybridized carbons (Fsp3) is 0.217. The van der Waals surface area contributed by atoms with Crippen molar-refractivity contribution in [2.45, 2.75) is 19.4 Å². The van der Waals surface area contributed by atoms with Crippen LogP contribution in [0.25, 0.3) is 0 Å². The van der Waals surface area contributed by atoms with Crippen LogP contribution in [0.5, 0.6) is 17.2 Å². The average Bonchev–Trinajstić information content (AvgIpc) is 2.72. The van der Waals surface area contributed by atoms with Crippen LogP contribution >= 0.6 is 0 Å². The third-order valence-corrected chi connectivity index (χ3v) is 4.35. The predicted molar refractivity (Wildman–Crippen MR) is 104 cm³/mol. The van der Waals surface area contributed by atoms with Crippen molar-refractivity contribution < 1.29 is 14.2 Å². The SMILES string of the molecule is COc1ccc(CCc2cccc(OC)c2OCc2ccccc2)cc1. The Hall–Kier alpha value is -2.94. The highest BCUT2D eigenvalue weighted by atomic mass is 16.5. The Morgan fingerprint density at radius 3 is 2.12 bits per heavy atom. The van der Waals surface area contributed by atoms with Crippen LogP contribution in [0.2, 0.25) is 0 Å². The van der Waals surface area contributed by atoms with Crippen molar-refractivity contribution >= 4 is 0 Å². The first kappa shape index (κ1) is 17.9. The summed E-state index contributed by atoms with van der Waals surface area (Å²) in [6, 6.07) is 24.4. The Kier molecular flexibility index (Phi) is 6.15. The van der Waals surface area contributed by atoms with Gasteiger partial charge >= 0.3 is 0 Å². The highest BCUT2D eigenvalue weighted by Gasteiger charge is 2.11. The summed E-state index contributed by atoms with van der Waals surface area (Å²) in [4.78, 5) is 0. The Labute approximate surface area is 155 Å². The Balaban J connectivity index is 1.73. The molecule has 0 amide bonds. The highest BCUT2D eigenvalue weighted by molar-refractivity contribution is 5.47. The third kappa shape index (κ3) is 4.57. The predicted octanol–water partition coefficient (Wildman–Crippen LogP) is 5.07. The molecule has 0 fully saturated rings. The summed E-state index contributed by atoms with van der Waals surface area (Å²) in [6.07, 6.45) is 1.81. The van der Waals surface area contributed by atoms with Gasteiger partial charge in [-0.2, -0.15) is 0 Å². The number of hydrogen-bond donors (Lipinski definition) is 0. The second-order valence-corrected chi connectivity index (χ2v) is 6.07. The van der Waals surface area contributed by atoms with Crippen LogP contribution in [-0.4, -0.2) is 14.2 Å². The van der Waals surface area contributed by atoms with Gasteiger partial charge in [0.25, 0.3) is 0 Å². The maximum Gasteiger partial charge on any atom is 0.164 e. The number of aryl methyl sites for hydroxylation is 2. The van der Waals surface area contributed by atoms with Gasteiger partial charge in [-0.3, -0.25) is 0 Å². The summed E-state index contributed by atoms with van der Waals surface area (Å²) >= 11 is 0. The number of hydrogen-bond acceptors (Lipinski definition) is 3. The van der Waals surface area contributed by atoms with Crippen LogP contribution in [0.3, 0.4) is 0 Å². The number of para-hydroxylation sites is 1. The van der Waals surface area contributed by atoms with E-state index < -0.39 is 0 Å². The van der Waals surface area contributed by atoms with E-state index in [9.17, 15) is 0 Å². The molecule has 26 heavy (non-hydrogen) atoms. The van der Waals surface area contributed by atoms with Gasteiger partial charge in [0.15, 0.2) is 11.5 Å². The van der Waals surface area contributed by atoms with E-state index in [0.29, 0.717) is 6.61 Å². The minimum atomic E-state index is 0.525. The minimum absolute atomic E-state index is 0.525. The summed E-state index contributed by atoms with van der Waals surface area (Å²) in [6.45, 7) is 0.525. The van der Waals surface area contributed by atoms with E-state index in [1.807, 2.05) is 42.5 Å². The molecule has 3 heteroatoms. The lowest BCUT2D eigenvalue weighted by molar-refractivity contribution is 0.281. The van der Waals surface area contributed by atoms with Gasteiger partial charge in [-0.15, -0.1) is 0 Å². The van der Waals surface area contributed by atoms with E-state index in [1.165, 1.54) is 5.56 Å². The molecular weight excluding hydrogens is 324 g/mol. The maximum atomic E-state index is 6.13. The van der Waals surface area contributed by atoms with Crippen LogP contribution in [-0.2, 0) is 19.4 Å². The Bertz CT molecular complexity index is 811. The quantitative estimate of drug-likeness (QED) is 0.569. The summed E-state index contributed by atoms with van der Waals surface area (Å²) in [5, 5.41) is 0. The number of benzene rings is 3. The summed E-state index contributed by atoms with van der Waals surface area (Å²) in [5.41, 5.74) is 3.55. The average molecular weight is 348 g/mol. The lowest BCUT2D eigenvalue weighted by Crippen LogP contribution is -2.02. The van der Waals surface area contributed by atoms with Crippen LogP contribution < -0.4 is 14.2 Å². The molecule has 0 aliphatic carbocycles. The zero-order valence-corrected chi connectivity index (χ0v) is 15.3. The lowest BCUT2D eigenvalue weighted by atomic mass is 10.0. The first-order valence-corrected chi connectivity index (χ1v) is 8.75. The summed E-state index contributed by atoms with van der Waals surface area (Å²) < 4.78 is 16.9. The van der Waals surface area contributed by atoms with Gasteiger partial charge in [0, 0.05) is 0 Å². The lowest BCUT2D eigenvalue weighted by Gasteiger charge is -2.15. The van der Waals surface area contributed by atoms with E-state index in [-0.39, 0.29) is 0 Å². The van der Waals surface area contributed by atoms with E-state index in [0.717, 1.165) is 41.2 Å². The van der Waals surface area contributed by atoms with Crippen LogP contribution in [0.15, 0.2) is 72.8 Å². The van der Waals surface area contributed by atoms with E-state index >= 15 is 0 Å². The molecule has 3 nitrogen and oxygen atoms in total. The normalized spacial score (nSPS) is 10.4. The molecule has 0 aliphatic rings. The highest BCUT2D eigenvalue weighted by Crippen LogP contribution is 2.32. The second kappa shape index (κ2) is 8.95. The first-order valence-electron chi connectivity index (χ1n) is 8.75. The molecule has 0 bridgehead atoms. The molecular formula is C23H24O3. The molecule has 0 spiro atoms. The van der Waals surface area contributed by atoms with Crippen molar-refractivity contribution in [2.75, 3.05) is 14.2 Å². The molecule has 0 heterocycles. The van der Waals surface area contributed by atoms with Crippen molar-refractivity contribution in [1.82, 2.24) is 0 Å². The van der Waals surface area contributed by atoms with Gasteiger partial charge in [-0.25, -0.2) is 0 Å². The standard InChI is InChI=1S/C23H24O3/c1-24-21-15-12-18(13-16-21)11-14-20-9-6-10-22(25-2)23(20)26-17-19-7-4-3-5-8-19/h3-10,12-13,15-16H,11,14,17H2,1-2H3. The molecule has 0 saturated carbocycles.